The quantitative estimate of drug-likeness (QED) is 0.714. The third-order valence-corrected chi connectivity index (χ3v) is 3.02. The van der Waals surface area contributed by atoms with E-state index >= 15 is 0 Å². The van der Waals surface area contributed by atoms with Crippen LogP contribution < -0.4 is 0 Å². The zero-order chi connectivity index (χ0) is 13.2. The van der Waals surface area contributed by atoms with E-state index in [2.05, 4.69) is 4.98 Å². The number of benzene rings is 2. The van der Waals surface area contributed by atoms with Crippen molar-refractivity contribution in [1.82, 2.24) is 4.98 Å². The smallest absolute Gasteiger partial charge is 0.336 e. The molecule has 1 N–H and O–H groups in total. The van der Waals surface area contributed by atoms with Gasteiger partial charge in [-0.25, -0.2) is 9.78 Å². The minimum Gasteiger partial charge on any atom is -0.478 e. The number of rotatable bonds is 2. The number of fused-ring (bicyclic) bond motifs is 1. The molecule has 0 bridgehead atoms. The summed E-state index contributed by atoms with van der Waals surface area (Å²) in [7, 11) is 0. The van der Waals surface area contributed by atoms with Gasteiger partial charge in [-0.15, -0.1) is 0 Å². The van der Waals surface area contributed by atoms with Crippen molar-refractivity contribution in [3.63, 3.8) is 0 Å². The molecule has 3 nitrogen and oxygen atoms in total. The molecule has 1 heterocycles. The van der Waals surface area contributed by atoms with Gasteiger partial charge in [-0.05, 0) is 12.1 Å². The molecule has 0 spiro atoms. The fourth-order valence-corrected chi connectivity index (χ4v) is 2.11. The largest absolute Gasteiger partial charge is 0.478 e. The second kappa shape index (κ2) is 6.57. The Labute approximate surface area is 157 Å². The fraction of sp³-hybridized carbons (Fsp3) is 0. The second-order valence-corrected chi connectivity index (χ2v) is 4.24. The van der Waals surface area contributed by atoms with Gasteiger partial charge in [0.15, 0.2) is 0 Å². The van der Waals surface area contributed by atoms with Crippen LogP contribution in [0.25, 0.3) is 22.2 Å². The van der Waals surface area contributed by atoms with Gasteiger partial charge in [0.25, 0.3) is 0 Å². The van der Waals surface area contributed by atoms with E-state index in [1.54, 1.807) is 12.1 Å². The average molecular weight is 401 g/mol. The van der Waals surface area contributed by atoms with Crippen LogP contribution in [0.3, 0.4) is 0 Å². The average Bonchev–Trinajstić information content (AvgIpc) is 2.47. The Balaban J connectivity index is 0.00000147. The van der Waals surface area contributed by atoms with Crippen molar-refractivity contribution in [3.05, 3.63) is 66.2 Å². The van der Waals surface area contributed by atoms with Gasteiger partial charge < -0.3 is 5.11 Å². The van der Waals surface area contributed by atoms with Crippen LogP contribution in [0.15, 0.2) is 60.7 Å². The summed E-state index contributed by atoms with van der Waals surface area (Å²) in [4.78, 5) is 15.9. The van der Waals surface area contributed by atoms with Gasteiger partial charge in [-0.1, -0.05) is 48.5 Å². The van der Waals surface area contributed by atoms with E-state index in [0.717, 1.165) is 5.56 Å². The Hall–Kier alpha value is -1.10. The summed E-state index contributed by atoms with van der Waals surface area (Å²) in [5, 5.41) is 9.99. The van der Waals surface area contributed by atoms with E-state index in [-0.39, 0.29) is 54.9 Å². The van der Waals surface area contributed by atoms with E-state index in [1.165, 1.54) is 0 Å². The van der Waals surface area contributed by atoms with Crippen molar-refractivity contribution < 1.29 is 59.3 Å². The van der Waals surface area contributed by atoms with Crippen molar-refractivity contribution in [3.8, 4) is 11.3 Å². The minimum atomic E-state index is -0.934. The van der Waals surface area contributed by atoms with Crippen LogP contribution in [0, 0.1) is 49.4 Å². The Morgan fingerprint density at radius 1 is 0.950 bits per heavy atom. The molecule has 1 radical (unpaired) electrons. The molecule has 1 aromatic heterocycles. The molecule has 0 fully saturated rings. The zero-order valence-electron chi connectivity index (χ0n) is 10.5. The molecule has 0 amide bonds. The SMILES string of the molecule is O=C(O)c1cc(-c2ccccc2)nc2ccccc12.[Eu]. The van der Waals surface area contributed by atoms with E-state index < -0.39 is 5.97 Å². The van der Waals surface area contributed by atoms with Crippen LogP contribution >= 0.6 is 0 Å². The first kappa shape index (κ1) is 15.3. The van der Waals surface area contributed by atoms with Gasteiger partial charge in [-0.3, -0.25) is 0 Å². The molecule has 0 aliphatic heterocycles. The number of carbonyl (C=O) groups is 1. The van der Waals surface area contributed by atoms with Crippen LogP contribution in [0.4, 0.5) is 0 Å². The van der Waals surface area contributed by atoms with Crippen molar-refractivity contribution >= 4 is 16.9 Å². The molecule has 3 aromatic rings. The summed E-state index contributed by atoms with van der Waals surface area (Å²) in [5.41, 5.74) is 2.57. The Kier molecular flexibility index (Phi) is 5.03. The van der Waals surface area contributed by atoms with Crippen LogP contribution in [0.5, 0.6) is 0 Å². The van der Waals surface area contributed by atoms with Crippen LogP contribution in [0.1, 0.15) is 10.4 Å². The maximum Gasteiger partial charge on any atom is 0.336 e. The van der Waals surface area contributed by atoms with Crippen molar-refractivity contribution in [2.45, 2.75) is 0 Å². The van der Waals surface area contributed by atoms with Gasteiger partial charge in [-0.2, -0.15) is 0 Å². The van der Waals surface area contributed by atoms with Crippen molar-refractivity contribution in [2.75, 3.05) is 0 Å². The Morgan fingerprint density at radius 2 is 1.60 bits per heavy atom. The molecule has 3 rings (SSSR count). The predicted molar refractivity (Wildman–Crippen MR) is 74.1 cm³/mol. The van der Waals surface area contributed by atoms with Gasteiger partial charge in [0.1, 0.15) is 0 Å². The van der Waals surface area contributed by atoms with Gasteiger partial charge >= 0.3 is 5.97 Å². The monoisotopic (exact) mass is 402 g/mol. The molecule has 0 unspecified atom stereocenters. The second-order valence-electron chi connectivity index (χ2n) is 4.24. The van der Waals surface area contributed by atoms with Crippen LogP contribution in [0.2, 0.25) is 0 Å². The molecule has 0 aliphatic rings. The van der Waals surface area contributed by atoms with Gasteiger partial charge in [0, 0.05) is 60.3 Å². The minimum absolute atomic E-state index is 0. The van der Waals surface area contributed by atoms with Crippen LogP contribution in [-0.2, 0) is 0 Å². The Bertz CT molecular complexity index is 757. The number of aromatic nitrogens is 1. The maximum absolute atomic E-state index is 11.4. The maximum atomic E-state index is 11.4. The standard InChI is InChI=1S/C16H11NO2.Eu/c18-16(19)13-10-15(11-6-2-1-3-7-11)17-14-9-5-4-8-12(13)14;/h1-10H,(H,18,19);. The fourth-order valence-electron chi connectivity index (χ4n) is 2.11. The zero-order valence-corrected chi connectivity index (χ0v) is 12.9. The van der Waals surface area contributed by atoms with Gasteiger partial charge in [0.2, 0.25) is 0 Å². The van der Waals surface area contributed by atoms with E-state index in [0.29, 0.717) is 16.6 Å². The molecule has 0 atom stereocenters. The first-order valence-electron chi connectivity index (χ1n) is 5.94. The molecule has 0 saturated carbocycles. The molecule has 0 aliphatic carbocycles. The molecular weight excluding hydrogens is 390 g/mol. The molecule has 20 heavy (non-hydrogen) atoms. The first-order chi connectivity index (χ1) is 9.25. The topological polar surface area (TPSA) is 50.2 Å². The summed E-state index contributed by atoms with van der Waals surface area (Å²) < 4.78 is 0. The number of carboxylic acids is 1. The Morgan fingerprint density at radius 3 is 2.30 bits per heavy atom. The molecule has 0 saturated heterocycles. The van der Waals surface area contributed by atoms with E-state index in [4.69, 9.17) is 0 Å². The number of hydrogen-bond donors (Lipinski definition) is 1. The predicted octanol–water partition coefficient (Wildman–Crippen LogP) is 3.60. The molecule has 4 heteroatoms. The number of para-hydroxylation sites is 1. The number of pyridine rings is 1. The third kappa shape index (κ3) is 2.98. The summed E-state index contributed by atoms with van der Waals surface area (Å²) in [5.74, 6) is -0.934. The number of carboxylic acid groups (broad SMARTS) is 1. The first-order valence-corrected chi connectivity index (χ1v) is 5.94. The summed E-state index contributed by atoms with van der Waals surface area (Å²) in [6, 6.07) is 18.5. The van der Waals surface area contributed by atoms with E-state index in [9.17, 15) is 9.90 Å². The number of aromatic carboxylic acids is 1. The number of nitrogens with zero attached hydrogens (tertiary/aromatic N) is 1. The molecule has 2 aromatic carbocycles. The normalized spacial score (nSPS) is 10.0. The van der Waals surface area contributed by atoms with E-state index in [1.807, 2.05) is 48.5 Å². The molecular formula is C16H11EuNO2. The summed E-state index contributed by atoms with van der Waals surface area (Å²) in [6.45, 7) is 0. The molecule has 99 valence electrons. The third-order valence-electron chi connectivity index (χ3n) is 3.02. The summed E-state index contributed by atoms with van der Waals surface area (Å²) in [6.07, 6.45) is 0. The van der Waals surface area contributed by atoms with Crippen molar-refractivity contribution in [2.24, 2.45) is 0 Å². The van der Waals surface area contributed by atoms with Crippen LogP contribution in [-0.4, -0.2) is 16.1 Å². The van der Waals surface area contributed by atoms with Gasteiger partial charge in [0.05, 0.1) is 16.8 Å². The number of hydrogen-bond acceptors (Lipinski definition) is 2. The van der Waals surface area contributed by atoms with Crippen molar-refractivity contribution in [1.29, 1.82) is 0 Å². The summed E-state index contributed by atoms with van der Waals surface area (Å²) >= 11 is 0.